The number of nitrogens with zero attached hydrogens (tertiary/aromatic N) is 2. The summed E-state index contributed by atoms with van der Waals surface area (Å²) in [5.74, 6) is -0.448. The fraction of sp³-hybridized carbons (Fsp3) is 0.0455. The summed E-state index contributed by atoms with van der Waals surface area (Å²) in [4.78, 5) is 20.1. The Balaban J connectivity index is 1.36. The van der Waals surface area contributed by atoms with Crippen LogP contribution in [0.2, 0.25) is 5.02 Å². The summed E-state index contributed by atoms with van der Waals surface area (Å²) in [7, 11) is -3.89. The lowest BCUT2D eigenvalue weighted by Gasteiger charge is -2.08. The summed E-state index contributed by atoms with van der Waals surface area (Å²) in [6.45, 7) is -0.0245. The Morgan fingerprint density at radius 3 is 2.50 bits per heavy atom. The number of aromatic nitrogens is 2. The summed E-state index contributed by atoms with van der Waals surface area (Å²) in [6, 6.07) is 13.8. The van der Waals surface area contributed by atoms with Crippen LogP contribution in [0.3, 0.4) is 0 Å². The van der Waals surface area contributed by atoms with Crippen LogP contribution in [0.1, 0.15) is 16.3 Å². The molecule has 12 heteroatoms. The highest BCUT2D eigenvalue weighted by Gasteiger charge is 2.17. The van der Waals surface area contributed by atoms with Gasteiger partial charge in [0, 0.05) is 18.1 Å². The summed E-state index contributed by atoms with van der Waals surface area (Å²) >= 11 is 5.91. The number of ether oxygens (including phenoxy) is 1. The van der Waals surface area contributed by atoms with E-state index < -0.39 is 21.7 Å². The number of carbonyl (C=O) groups is 1. The molecule has 0 fully saturated rings. The molecule has 0 atom stereocenters. The van der Waals surface area contributed by atoms with Crippen molar-refractivity contribution in [3.05, 3.63) is 95.4 Å². The number of hydrogen-bond donors (Lipinski definition) is 2. The Morgan fingerprint density at radius 1 is 1.06 bits per heavy atom. The van der Waals surface area contributed by atoms with Gasteiger partial charge in [-0.25, -0.2) is 27.5 Å². The van der Waals surface area contributed by atoms with Crippen LogP contribution < -0.4 is 14.8 Å². The number of hydrogen-bond acceptors (Lipinski definition) is 7. The molecule has 0 unspecified atom stereocenters. The van der Waals surface area contributed by atoms with E-state index in [1.807, 2.05) is 0 Å². The minimum Gasteiger partial charge on any atom is -0.484 e. The molecule has 0 bridgehead atoms. The second-order valence-corrected chi connectivity index (χ2v) is 8.88. The Hall–Kier alpha value is -3.96. The molecule has 0 aliphatic heterocycles. The quantitative estimate of drug-likeness (QED) is 0.363. The van der Waals surface area contributed by atoms with Gasteiger partial charge < -0.3 is 14.5 Å². The van der Waals surface area contributed by atoms with E-state index in [2.05, 4.69) is 20.0 Å². The minimum absolute atomic E-state index is 0.0170. The Morgan fingerprint density at radius 2 is 1.79 bits per heavy atom. The predicted octanol–water partition coefficient (Wildman–Crippen LogP) is 4.49. The third-order valence-corrected chi connectivity index (χ3v) is 6.00. The van der Waals surface area contributed by atoms with Crippen molar-refractivity contribution >= 4 is 39.2 Å². The van der Waals surface area contributed by atoms with Crippen LogP contribution in [0.15, 0.2) is 82.4 Å². The first kappa shape index (κ1) is 23.2. The van der Waals surface area contributed by atoms with Crippen LogP contribution in [0.25, 0.3) is 0 Å². The first-order valence-electron chi connectivity index (χ1n) is 9.68. The molecule has 2 N–H and O–H groups in total. The van der Waals surface area contributed by atoms with Crippen LogP contribution >= 0.6 is 11.6 Å². The molecule has 0 radical (unpaired) electrons. The molecular formula is C22H16ClFN4O5S. The highest BCUT2D eigenvalue weighted by molar-refractivity contribution is 7.92. The van der Waals surface area contributed by atoms with Gasteiger partial charge in [0.25, 0.3) is 15.9 Å². The summed E-state index contributed by atoms with van der Waals surface area (Å²) < 4.78 is 51.2. The Kier molecular flexibility index (Phi) is 6.75. The lowest BCUT2D eigenvalue weighted by atomic mass is 10.3. The van der Waals surface area contributed by atoms with Gasteiger partial charge in [0.05, 0.1) is 9.92 Å². The van der Waals surface area contributed by atoms with Crippen molar-refractivity contribution in [2.24, 2.45) is 0 Å². The Bertz CT molecular complexity index is 1410. The molecule has 9 nitrogen and oxygen atoms in total. The molecule has 1 amide bonds. The first-order chi connectivity index (χ1) is 16.3. The third kappa shape index (κ3) is 5.69. The number of nitrogens with one attached hydrogen (secondary N) is 2. The van der Waals surface area contributed by atoms with E-state index >= 15 is 0 Å². The van der Waals surface area contributed by atoms with E-state index in [1.54, 1.807) is 12.1 Å². The largest absolute Gasteiger partial charge is 0.484 e. The average molecular weight is 503 g/mol. The van der Waals surface area contributed by atoms with Gasteiger partial charge in [-0.1, -0.05) is 11.6 Å². The van der Waals surface area contributed by atoms with Crippen molar-refractivity contribution in [1.29, 1.82) is 0 Å². The number of sulfonamides is 1. The van der Waals surface area contributed by atoms with E-state index in [9.17, 15) is 17.6 Å². The maximum Gasteiger partial charge on any atom is 0.291 e. The van der Waals surface area contributed by atoms with E-state index in [0.717, 1.165) is 6.07 Å². The zero-order valence-electron chi connectivity index (χ0n) is 17.2. The van der Waals surface area contributed by atoms with Crippen molar-refractivity contribution in [2.45, 2.75) is 11.5 Å². The fourth-order valence-corrected chi connectivity index (χ4v) is 3.94. The monoisotopic (exact) mass is 502 g/mol. The number of furan rings is 1. The molecule has 0 spiro atoms. The summed E-state index contributed by atoms with van der Waals surface area (Å²) in [5.41, 5.74) is 0.354. The van der Waals surface area contributed by atoms with Gasteiger partial charge in [0.2, 0.25) is 5.95 Å². The summed E-state index contributed by atoms with van der Waals surface area (Å²) in [6.07, 6.45) is 2.82. The number of rotatable bonds is 8. The second kappa shape index (κ2) is 9.89. The topological polar surface area (TPSA) is 123 Å². The SMILES string of the molecule is O=C(Nc1ccc(S(=O)(=O)Nc2ncccn2)cc1)c1ccc(COc2ccc(F)cc2Cl)o1. The predicted molar refractivity (Wildman–Crippen MR) is 122 cm³/mol. The zero-order chi connectivity index (χ0) is 24.1. The van der Waals surface area contributed by atoms with Gasteiger partial charge in [0.1, 0.15) is 23.9 Å². The van der Waals surface area contributed by atoms with Gasteiger partial charge in [-0.3, -0.25) is 4.79 Å². The number of carbonyl (C=O) groups excluding carboxylic acids is 1. The number of anilines is 2. The lowest BCUT2D eigenvalue weighted by molar-refractivity contribution is 0.0992. The third-order valence-electron chi connectivity index (χ3n) is 4.36. The molecule has 2 aromatic carbocycles. The van der Waals surface area contributed by atoms with E-state index in [-0.39, 0.29) is 34.0 Å². The van der Waals surface area contributed by atoms with Crippen molar-refractivity contribution in [3.63, 3.8) is 0 Å². The highest BCUT2D eigenvalue weighted by Crippen LogP contribution is 2.26. The van der Waals surface area contributed by atoms with Gasteiger partial charge in [0.15, 0.2) is 5.76 Å². The molecule has 4 rings (SSSR count). The molecule has 2 heterocycles. The van der Waals surface area contributed by atoms with E-state index in [0.29, 0.717) is 11.4 Å². The smallest absolute Gasteiger partial charge is 0.291 e. The normalized spacial score (nSPS) is 11.1. The number of halogens is 2. The van der Waals surface area contributed by atoms with Gasteiger partial charge in [-0.2, -0.15) is 0 Å². The molecule has 174 valence electrons. The molecule has 2 aromatic heterocycles. The molecule has 0 aliphatic rings. The van der Waals surface area contributed by atoms with Crippen LogP contribution in [0.4, 0.5) is 16.0 Å². The van der Waals surface area contributed by atoms with Crippen molar-refractivity contribution < 1.29 is 26.8 Å². The standard InChI is InChI=1S/C22H16ClFN4O5S/c23-18-12-14(24)2-8-19(18)32-13-16-5-9-20(33-16)21(29)27-15-3-6-17(7-4-15)34(30,31)28-22-25-10-1-11-26-22/h1-12H,13H2,(H,27,29)(H,25,26,28). The molecule has 34 heavy (non-hydrogen) atoms. The maximum atomic E-state index is 13.1. The minimum atomic E-state index is -3.89. The van der Waals surface area contributed by atoms with Gasteiger partial charge in [-0.05, 0) is 60.7 Å². The van der Waals surface area contributed by atoms with Crippen LogP contribution in [0, 0.1) is 5.82 Å². The average Bonchev–Trinajstić information content (AvgIpc) is 3.29. The highest BCUT2D eigenvalue weighted by atomic mass is 35.5. The lowest BCUT2D eigenvalue weighted by Crippen LogP contribution is -2.15. The molecule has 0 saturated carbocycles. The van der Waals surface area contributed by atoms with E-state index in [4.69, 9.17) is 20.8 Å². The fourth-order valence-electron chi connectivity index (χ4n) is 2.76. The van der Waals surface area contributed by atoms with Gasteiger partial charge in [-0.15, -0.1) is 0 Å². The molecule has 0 aliphatic carbocycles. The molecule has 0 saturated heterocycles. The van der Waals surface area contributed by atoms with E-state index in [1.165, 1.54) is 54.9 Å². The number of benzene rings is 2. The number of amides is 1. The van der Waals surface area contributed by atoms with Crippen molar-refractivity contribution in [3.8, 4) is 5.75 Å². The maximum absolute atomic E-state index is 13.1. The van der Waals surface area contributed by atoms with Crippen LogP contribution in [0.5, 0.6) is 5.75 Å². The summed E-state index contributed by atoms with van der Waals surface area (Å²) in [5, 5.41) is 2.73. The van der Waals surface area contributed by atoms with Crippen molar-refractivity contribution in [2.75, 3.05) is 10.0 Å². The zero-order valence-corrected chi connectivity index (χ0v) is 18.8. The van der Waals surface area contributed by atoms with Crippen molar-refractivity contribution in [1.82, 2.24) is 9.97 Å². The van der Waals surface area contributed by atoms with Gasteiger partial charge >= 0.3 is 0 Å². The molecule has 4 aromatic rings. The Labute approximate surface area is 198 Å². The van der Waals surface area contributed by atoms with Crippen LogP contribution in [-0.4, -0.2) is 24.3 Å². The second-order valence-electron chi connectivity index (χ2n) is 6.79. The molecular weight excluding hydrogens is 487 g/mol. The van der Waals surface area contributed by atoms with Crippen LogP contribution in [-0.2, 0) is 16.6 Å². The first-order valence-corrected chi connectivity index (χ1v) is 11.5.